The summed E-state index contributed by atoms with van der Waals surface area (Å²) in [4.78, 5) is 16.7. The molecule has 2 N–H and O–H groups in total. The van der Waals surface area contributed by atoms with Crippen LogP contribution in [-0.4, -0.2) is 23.5 Å². The number of benzene rings is 1. The first-order valence-electron chi connectivity index (χ1n) is 7.22. The highest BCUT2D eigenvalue weighted by Gasteiger charge is 2.20. The molecule has 1 amide bonds. The van der Waals surface area contributed by atoms with E-state index in [1.807, 2.05) is 0 Å². The van der Waals surface area contributed by atoms with Crippen LogP contribution in [0.4, 0.5) is 11.5 Å². The third-order valence-corrected chi connectivity index (χ3v) is 3.55. The molecule has 0 saturated heterocycles. The van der Waals surface area contributed by atoms with Crippen LogP contribution in [0.15, 0.2) is 36.5 Å². The lowest BCUT2D eigenvalue weighted by atomic mass is 10.1. The number of nitrogens with one attached hydrogen (secondary N) is 2. The minimum atomic E-state index is -0.756. The molecule has 0 fully saturated rings. The summed E-state index contributed by atoms with van der Waals surface area (Å²) < 4.78 is 5.12. The molecule has 0 bridgehead atoms. The number of ether oxygens (including phenoxy) is 1. The van der Waals surface area contributed by atoms with Gasteiger partial charge in [0.1, 0.15) is 11.6 Å². The van der Waals surface area contributed by atoms with Crippen molar-refractivity contribution < 1.29 is 9.53 Å². The maximum Gasteiger partial charge on any atom is 0.256 e. The van der Waals surface area contributed by atoms with Gasteiger partial charge in [-0.15, -0.1) is 6.42 Å². The molecule has 124 valence electrons. The molecule has 1 heterocycles. The monoisotopic (exact) mass is 343 g/mol. The Bertz CT molecular complexity index is 797. The number of hydrogen-bond acceptors (Lipinski definition) is 4. The van der Waals surface area contributed by atoms with E-state index in [2.05, 4.69) is 21.5 Å². The molecule has 5 nitrogen and oxygen atoms in total. The first-order chi connectivity index (χ1) is 11.4. The first-order valence-corrected chi connectivity index (χ1v) is 7.60. The molecule has 0 spiro atoms. The summed E-state index contributed by atoms with van der Waals surface area (Å²) in [6.45, 7) is 3.50. The molecule has 2 aromatic rings. The Morgan fingerprint density at radius 1 is 1.38 bits per heavy atom. The fraction of sp³-hybridized carbons (Fsp3) is 0.222. The summed E-state index contributed by atoms with van der Waals surface area (Å²) in [5.41, 5.74) is 0.311. The second-order valence-electron chi connectivity index (χ2n) is 5.60. The third-order valence-electron chi connectivity index (χ3n) is 3.25. The number of pyridine rings is 1. The van der Waals surface area contributed by atoms with Crippen LogP contribution in [0.25, 0.3) is 0 Å². The van der Waals surface area contributed by atoms with Gasteiger partial charge in [-0.05, 0) is 44.2 Å². The third kappa shape index (κ3) is 4.18. The first kappa shape index (κ1) is 17.6. The van der Waals surface area contributed by atoms with Crippen molar-refractivity contribution in [1.82, 2.24) is 10.3 Å². The maximum atomic E-state index is 12.5. The summed E-state index contributed by atoms with van der Waals surface area (Å²) in [5.74, 6) is 3.19. The van der Waals surface area contributed by atoms with Gasteiger partial charge in [0.25, 0.3) is 5.91 Å². The molecule has 1 aromatic carbocycles. The molecule has 0 radical (unpaired) electrons. The number of carbonyl (C=O) groups is 1. The van der Waals surface area contributed by atoms with Crippen LogP contribution in [0.3, 0.4) is 0 Å². The Kier molecular flexibility index (Phi) is 5.32. The number of carbonyl (C=O) groups excluding carboxylic acids is 1. The molecule has 0 saturated carbocycles. The molecule has 0 aliphatic carbocycles. The van der Waals surface area contributed by atoms with Gasteiger partial charge < -0.3 is 15.4 Å². The summed E-state index contributed by atoms with van der Waals surface area (Å²) >= 11 is 6.12. The van der Waals surface area contributed by atoms with Crippen LogP contribution in [0.5, 0.6) is 5.75 Å². The predicted octanol–water partition coefficient (Wildman–Crippen LogP) is 3.63. The van der Waals surface area contributed by atoms with E-state index in [0.717, 1.165) is 0 Å². The van der Waals surface area contributed by atoms with Crippen molar-refractivity contribution in [3.8, 4) is 18.1 Å². The van der Waals surface area contributed by atoms with Gasteiger partial charge in [0, 0.05) is 11.9 Å². The van der Waals surface area contributed by atoms with E-state index in [-0.39, 0.29) is 5.91 Å². The zero-order chi connectivity index (χ0) is 17.7. The highest BCUT2D eigenvalue weighted by Crippen LogP contribution is 2.29. The maximum absolute atomic E-state index is 12.5. The van der Waals surface area contributed by atoms with Crippen molar-refractivity contribution in [2.75, 3.05) is 12.4 Å². The van der Waals surface area contributed by atoms with Crippen molar-refractivity contribution in [2.45, 2.75) is 19.4 Å². The van der Waals surface area contributed by atoms with Crippen molar-refractivity contribution in [1.29, 1.82) is 0 Å². The second-order valence-corrected chi connectivity index (χ2v) is 6.00. The van der Waals surface area contributed by atoms with Gasteiger partial charge in [0.15, 0.2) is 0 Å². The Labute approximate surface area is 146 Å². The van der Waals surface area contributed by atoms with E-state index in [0.29, 0.717) is 27.8 Å². The molecule has 0 aliphatic heterocycles. The van der Waals surface area contributed by atoms with Crippen LogP contribution in [0, 0.1) is 12.3 Å². The van der Waals surface area contributed by atoms with Crippen LogP contribution in [-0.2, 0) is 0 Å². The molecular weight excluding hydrogens is 326 g/mol. The molecule has 2 rings (SSSR count). The highest BCUT2D eigenvalue weighted by atomic mass is 35.5. The van der Waals surface area contributed by atoms with Gasteiger partial charge in [0.2, 0.25) is 0 Å². The molecule has 0 atom stereocenters. The largest absolute Gasteiger partial charge is 0.495 e. The minimum Gasteiger partial charge on any atom is -0.495 e. The van der Waals surface area contributed by atoms with Crippen molar-refractivity contribution >= 4 is 29.0 Å². The van der Waals surface area contributed by atoms with Crippen LogP contribution < -0.4 is 15.4 Å². The summed E-state index contributed by atoms with van der Waals surface area (Å²) in [7, 11) is 1.54. The Hall–Kier alpha value is -2.71. The van der Waals surface area contributed by atoms with E-state index in [1.165, 1.54) is 0 Å². The van der Waals surface area contributed by atoms with Gasteiger partial charge in [-0.2, -0.15) is 0 Å². The quantitative estimate of drug-likeness (QED) is 0.814. The highest BCUT2D eigenvalue weighted by molar-refractivity contribution is 6.32. The summed E-state index contributed by atoms with van der Waals surface area (Å²) in [5, 5.41) is 6.32. The average Bonchev–Trinajstić information content (AvgIpc) is 2.55. The number of terminal acetylenes is 1. The van der Waals surface area contributed by atoms with E-state index in [4.69, 9.17) is 22.8 Å². The van der Waals surface area contributed by atoms with E-state index < -0.39 is 5.54 Å². The van der Waals surface area contributed by atoms with E-state index >= 15 is 0 Å². The topological polar surface area (TPSA) is 63.2 Å². The van der Waals surface area contributed by atoms with Gasteiger partial charge >= 0.3 is 0 Å². The van der Waals surface area contributed by atoms with Crippen LogP contribution in [0.1, 0.15) is 24.2 Å². The smallest absolute Gasteiger partial charge is 0.256 e. The lowest BCUT2D eigenvalue weighted by Gasteiger charge is -2.20. The van der Waals surface area contributed by atoms with Gasteiger partial charge in [-0.1, -0.05) is 17.5 Å². The Balaban J connectivity index is 2.28. The number of amides is 1. The van der Waals surface area contributed by atoms with Crippen LogP contribution in [0.2, 0.25) is 5.02 Å². The fourth-order valence-corrected chi connectivity index (χ4v) is 2.21. The molecule has 0 unspecified atom stereocenters. The minimum absolute atomic E-state index is 0.312. The predicted molar refractivity (Wildman–Crippen MR) is 95.9 cm³/mol. The SMILES string of the molecule is C#CC(C)(C)NC(=O)c1cccnc1Nc1ccc(OC)c(Cl)c1. The molecule has 1 aromatic heterocycles. The number of rotatable bonds is 5. The number of hydrogen-bond donors (Lipinski definition) is 2. The number of methoxy groups -OCH3 is 1. The zero-order valence-electron chi connectivity index (χ0n) is 13.7. The second kappa shape index (κ2) is 7.24. The lowest BCUT2D eigenvalue weighted by Crippen LogP contribution is -2.42. The Morgan fingerprint density at radius 3 is 2.75 bits per heavy atom. The van der Waals surface area contributed by atoms with Gasteiger partial charge in [0.05, 0.1) is 23.2 Å². The summed E-state index contributed by atoms with van der Waals surface area (Å²) in [6.07, 6.45) is 7.01. The van der Waals surface area contributed by atoms with Gasteiger partial charge in [-0.3, -0.25) is 4.79 Å². The van der Waals surface area contributed by atoms with Gasteiger partial charge in [-0.25, -0.2) is 4.98 Å². The van der Waals surface area contributed by atoms with Crippen molar-refractivity contribution in [2.24, 2.45) is 0 Å². The molecular formula is C18H18ClN3O2. The summed E-state index contributed by atoms with van der Waals surface area (Å²) in [6, 6.07) is 8.57. The zero-order valence-corrected chi connectivity index (χ0v) is 14.4. The van der Waals surface area contributed by atoms with Crippen molar-refractivity contribution in [3.63, 3.8) is 0 Å². The standard InChI is InChI=1S/C18H18ClN3O2/c1-5-18(2,3)22-17(23)13-7-6-10-20-16(13)21-12-8-9-15(24-4)14(19)11-12/h1,6-11H,2-4H3,(H,20,21)(H,22,23). The lowest BCUT2D eigenvalue weighted by molar-refractivity contribution is 0.0930. The number of aromatic nitrogens is 1. The number of anilines is 2. The van der Waals surface area contributed by atoms with Crippen molar-refractivity contribution in [3.05, 3.63) is 47.1 Å². The van der Waals surface area contributed by atoms with E-state index in [9.17, 15) is 4.79 Å². The number of nitrogens with zero attached hydrogens (tertiary/aromatic N) is 1. The molecule has 24 heavy (non-hydrogen) atoms. The molecule has 0 aliphatic rings. The number of halogens is 1. The fourth-order valence-electron chi connectivity index (χ4n) is 1.96. The molecule has 6 heteroatoms. The van der Waals surface area contributed by atoms with Crippen LogP contribution >= 0.6 is 11.6 Å². The average molecular weight is 344 g/mol. The van der Waals surface area contributed by atoms with E-state index in [1.54, 1.807) is 57.5 Å². The normalized spacial score (nSPS) is 10.6. The Morgan fingerprint density at radius 2 is 2.12 bits per heavy atom.